The molecule has 1 aliphatic heterocycles. The first-order valence-corrected chi connectivity index (χ1v) is 9.19. The van der Waals surface area contributed by atoms with Gasteiger partial charge in [-0.2, -0.15) is 0 Å². The van der Waals surface area contributed by atoms with Gasteiger partial charge in [-0.05, 0) is 51.2 Å². The first-order valence-electron chi connectivity index (χ1n) is 9.19. The molecule has 1 amide bonds. The van der Waals surface area contributed by atoms with Gasteiger partial charge in [-0.15, -0.1) is 0 Å². The highest BCUT2D eigenvalue weighted by atomic mass is 16.2. The second kappa shape index (κ2) is 8.35. The monoisotopic (exact) mass is 378 g/mol. The van der Waals surface area contributed by atoms with E-state index in [1.165, 1.54) is 0 Å². The molecule has 1 aliphatic rings. The van der Waals surface area contributed by atoms with Gasteiger partial charge in [-0.1, -0.05) is 31.7 Å². The summed E-state index contributed by atoms with van der Waals surface area (Å²) in [5, 5.41) is 3.67. The maximum absolute atomic E-state index is 12.7. The predicted octanol–water partition coefficient (Wildman–Crippen LogP) is 3.98. The molecule has 0 saturated carbocycles. The Hall–Kier alpha value is -2.99. The number of hydrogen-bond donors (Lipinski definition) is 2. The summed E-state index contributed by atoms with van der Waals surface area (Å²) in [7, 11) is 2.07. The number of likely N-dealkylation sites (tertiary alicyclic amines) is 1. The number of hydrogen-bond acceptors (Lipinski definition) is 4. The Morgan fingerprint density at radius 2 is 1.86 bits per heavy atom. The minimum absolute atomic E-state index is 0. The van der Waals surface area contributed by atoms with Crippen molar-refractivity contribution in [2.75, 3.05) is 25.5 Å². The van der Waals surface area contributed by atoms with E-state index < -0.39 is 0 Å². The number of nitrogens with one attached hydrogen (secondary N) is 2. The molecule has 3 heterocycles. The third-order valence-corrected chi connectivity index (χ3v) is 5.17. The van der Waals surface area contributed by atoms with E-state index in [4.69, 9.17) is 0 Å². The summed E-state index contributed by atoms with van der Waals surface area (Å²) >= 11 is 0. The molecule has 6 heteroatoms. The van der Waals surface area contributed by atoms with Gasteiger partial charge in [0.05, 0.1) is 5.56 Å². The van der Waals surface area contributed by atoms with Crippen LogP contribution in [0.4, 0.5) is 5.82 Å². The SMILES string of the molecule is C.CN1CCC(C(=O)c2cccc(NC(=O)c3c[nH]c4ccccc34)n2)CC1. The van der Waals surface area contributed by atoms with Gasteiger partial charge in [0.15, 0.2) is 5.78 Å². The molecule has 4 rings (SSSR count). The molecule has 1 aromatic carbocycles. The maximum atomic E-state index is 12.7. The van der Waals surface area contributed by atoms with Crippen LogP contribution in [0.15, 0.2) is 48.7 Å². The molecule has 6 nitrogen and oxygen atoms in total. The second-order valence-electron chi connectivity index (χ2n) is 7.05. The van der Waals surface area contributed by atoms with Crippen molar-refractivity contribution in [3.05, 3.63) is 59.9 Å². The molecule has 1 saturated heterocycles. The van der Waals surface area contributed by atoms with Crippen LogP contribution in [-0.2, 0) is 0 Å². The first kappa shape index (κ1) is 19.8. The van der Waals surface area contributed by atoms with E-state index in [9.17, 15) is 9.59 Å². The summed E-state index contributed by atoms with van der Waals surface area (Å²) in [6, 6.07) is 12.8. The number of H-pyrrole nitrogens is 1. The van der Waals surface area contributed by atoms with E-state index >= 15 is 0 Å². The molecule has 3 aromatic rings. The van der Waals surface area contributed by atoms with Gasteiger partial charge in [0, 0.05) is 23.0 Å². The van der Waals surface area contributed by atoms with Crippen LogP contribution in [-0.4, -0.2) is 46.7 Å². The van der Waals surface area contributed by atoms with Gasteiger partial charge in [0.25, 0.3) is 5.91 Å². The highest BCUT2D eigenvalue weighted by molar-refractivity contribution is 6.12. The minimum atomic E-state index is -0.246. The molecule has 2 N–H and O–H groups in total. The molecule has 0 unspecified atom stereocenters. The summed E-state index contributed by atoms with van der Waals surface area (Å²) in [4.78, 5) is 35.1. The van der Waals surface area contributed by atoms with Crippen LogP contribution >= 0.6 is 0 Å². The molecule has 0 aliphatic carbocycles. The van der Waals surface area contributed by atoms with Crippen molar-refractivity contribution in [2.24, 2.45) is 5.92 Å². The number of amides is 1. The lowest BCUT2D eigenvalue weighted by molar-refractivity contribution is 0.0851. The van der Waals surface area contributed by atoms with Gasteiger partial charge >= 0.3 is 0 Å². The largest absolute Gasteiger partial charge is 0.360 e. The van der Waals surface area contributed by atoms with Crippen molar-refractivity contribution >= 4 is 28.4 Å². The second-order valence-corrected chi connectivity index (χ2v) is 7.05. The smallest absolute Gasteiger partial charge is 0.258 e. The lowest BCUT2D eigenvalue weighted by Crippen LogP contribution is -2.33. The van der Waals surface area contributed by atoms with E-state index in [1.807, 2.05) is 24.3 Å². The first-order chi connectivity index (χ1) is 13.1. The van der Waals surface area contributed by atoms with Crippen molar-refractivity contribution in [1.82, 2.24) is 14.9 Å². The van der Waals surface area contributed by atoms with Crippen LogP contribution in [0.2, 0.25) is 0 Å². The van der Waals surface area contributed by atoms with Crippen LogP contribution < -0.4 is 5.32 Å². The number of ketones is 1. The number of piperidine rings is 1. The van der Waals surface area contributed by atoms with Crippen LogP contribution in [0, 0.1) is 5.92 Å². The lowest BCUT2D eigenvalue weighted by atomic mass is 9.91. The van der Waals surface area contributed by atoms with E-state index in [2.05, 4.69) is 27.2 Å². The van der Waals surface area contributed by atoms with Gasteiger partial charge in [-0.25, -0.2) is 4.98 Å². The van der Waals surface area contributed by atoms with Crippen molar-refractivity contribution in [3.8, 4) is 0 Å². The number of fused-ring (bicyclic) bond motifs is 1. The van der Waals surface area contributed by atoms with Crippen LogP contribution in [0.3, 0.4) is 0 Å². The molecular weight excluding hydrogens is 352 g/mol. The number of carbonyl (C=O) groups is 2. The van der Waals surface area contributed by atoms with Crippen molar-refractivity contribution in [3.63, 3.8) is 0 Å². The van der Waals surface area contributed by atoms with Crippen molar-refractivity contribution in [1.29, 1.82) is 0 Å². The Morgan fingerprint density at radius 1 is 1.11 bits per heavy atom. The number of pyridine rings is 1. The zero-order chi connectivity index (χ0) is 18.8. The minimum Gasteiger partial charge on any atom is -0.360 e. The van der Waals surface area contributed by atoms with E-state index in [-0.39, 0.29) is 25.0 Å². The van der Waals surface area contributed by atoms with Crippen LogP contribution in [0.5, 0.6) is 0 Å². The number of rotatable bonds is 4. The Balaban J connectivity index is 0.00000225. The zero-order valence-corrected chi connectivity index (χ0v) is 15.2. The summed E-state index contributed by atoms with van der Waals surface area (Å²) in [5.41, 5.74) is 1.88. The van der Waals surface area contributed by atoms with Crippen molar-refractivity contribution < 1.29 is 9.59 Å². The highest BCUT2D eigenvalue weighted by Gasteiger charge is 2.25. The molecule has 2 aromatic heterocycles. The molecular formula is C22H26N4O2. The fourth-order valence-corrected chi connectivity index (χ4v) is 3.56. The third-order valence-electron chi connectivity index (χ3n) is 5.17. The molecule has 146 valence electrons. The maximum Gasteiger partial charge on any atom is 0.258 e. The standard InChI is InChI=1S/C21H22N4O2.CH4/c1-25-11-9-14(10-12-25)20(26)18-7-4-8-19(23-18)24-21(27)16-13-22-17-6-3-2-5-15(16)17;/h2-8,13-14,22H,9-12H2,1H3,(H,23,24,27);1H4. The summed E-state index contributed by atoms with van der Waals surface area (Å²) < 4.78 is 0. The zero-order valence-electron chi connectivity index (χ0n) is 15.2. The Kier molecular flexibility index (Phi) is 5.90. The van der Waals surface area contributed by atoms with Gasteiger partial charge in [-0.3, -0.25) is 9.59 Å². The average Bonchev–Trinajstić information content (AvgIpc) is 3.12. The van der Waals surface area contributed by atoms with E-state index in [1.54, 1.807) is 24.4 Å². The average molecular weight is 378 g/mol. The topological polar surface area (TPSA) is 78.1 Å². The fourth-order valence-electron chi connectivity index (χ4n) is 3.56. The summed E-state index contributed by atoms with van der Waals surface area (Å²) in [6.07, 6.45) is 3.39. The number of benzene rings is 1. The van der Waals surface area contributed by atoms with Crippen LogP contribution in [0.1, 0.15) is 41.1 Å². The van der Waals surface area contributed by atoms with Gasteiger partial charge < -0.3 is 15.2 Å². The van der Waals surface area contributed by atoms with E-state index in [0.29, 0.717) is 17.1 Å². The number of anilines is 1. The quantitative estimate of drug-likeness (QED) is 0.673. The number of para-hydroxylation sites is 1. The number of carbonyl (C=O) groups excluding carboxylic acids is 2. The van der Waals surface area contributed by atoms with Crippen LogP contribution in [0.25, 0.3) is 10.9 Å². The summed E-state index contributed by atoms with van der Waals surface area (Å²) in [5.74, 6) is 0.215. The number of aromatic nitrogens is 2. The number of nitrogens with zero attached hydrogens (tertiary/aromatic N) is 2. The summed E-state index contributed by atoms with van der Waals surface area (Å²) in [6.45, 7) is 1.85. The Bertz CT molecular complexity index is 987. The number of Topliss-reactive ketones (excluding diaryl/α,β-unsaturated/α-hetero) is 1. The van der Waals surface area contributed by atoms with Crippen molar-refractivity contribution in [2.45, 2.75) is 20.3 Å². The molecule has 0 radical (unpaired) electrons. The molecule has 28 heavy (non-hydrogen) atoms. The molecule has 0 bridgehead atoms. The normalized spacial score (nSPS) is 15.2. The third kappa shape index (κ3) is 3.97. The number of aromatic amines is 1. The van der Waals surface area contributed by atoms with Gasteiger partial charge in [0.1, 0.15) is 11.5 Å². The molecule has 0 atom stereocenters. The molecule has 1 fully saturated rings. The highest BCUT2D eigenvalue weighted by Crippen LogP contribution is 2.22. The Morgan fingerprint density at radius 3 is 2.64 bits per heavy atom. The Labute approximate surface area is 165 Å². The lowest BCUT2D eigenvalue weighted by Gasteiger charge is -2.27. The van der Waals surface area contributed by atoms with E-state index in [0.717, 1.165) is 36.8 Å². The molecule has 0 spiro atoms. The predicted molar refractivity (Wildman–Crippen MR) is 112 cm³/mol. The fraction of sp³-hybridized carbons (Fsp3) is 0.318. The van der Waals surface area contributed by atoms with Gasteiger partial charge in [0.2, 0.25) is 0 Å².